The molecule has 4 heteroatoms. The summed E-state index contributed by atoms with van der Waals surface area (Å²) in [6.07, 6.45) is 4.18. The molecule has 1 N–H and O–H groups in total. The highest BCUT2D eigenvalue weighted by atomic mass is 15.3. The Kier molecular flexibility index (Phi) is 3.02. The molecule has 0 aliphatic heterocycles. The van der Waals surface area contributed by atoms with Crippen molar-refractivity contribution in [3.63, 3.8) is 0 Å². The molecule has 0 bridgehead atoms. The van der Waals surface area contributed by atoms with E-state index in [9.17, 15) is 0 Å². The minimum absolute atomic E-state index is 0.483. The summed E-state index contributed by atoms with van der Waals surface area (Å²) in [7, 11) is 1.94. The zero-order valence-corrected chi connectivity index (χ0v) is 10.7. The summed E-state index contributed by atoms with van der Waals surface area (Å²) in [6, 6.07) is 0.617. The third kappa shape index (κ3) is 2.43. The maximum absolute atomic E-state index is 4.23. The van der Waals surface area contributed by atoms with Crippen LogP contribution in [0, 0.1) is 11.3 Å². The molecule has 0 saturated heterocycles. The van der Waals surface area contributed by atoms with Gasteiger partial charge in [0.25, 0.3) is 0 Å². The van der Waals surface area contributed by atoms with Gasteiger partial charge in [0.1, 0.15) is 12.2 Å². The van der Waals surface area contributed by atoms with Gasteiger partial charge in [0, 0.05) is 13.1 Å². The first kappa shape index (κ1) is 11.6. The SMILES string of the molecule is C[C@H]1CC(C)(C)C[C@H]1NCc1ncnn1C. The number of rotatable bonds is 3. The molecule has 4 nitrogen and oxygen atoms in total. The molecule has 0 radical (unpaired) electrons. The van der Waals surface area contributed by atoms with Gasteiger partial charge in [-0.3, -0.25) is 4.68 Å². The minimum Gasteiger partial charge on any atom is -0.307 e. The molecule has 0 spiro atoms. The smallest absolute Gasteiger partial charge is 0.140 e. The Morgan fingerprint density at radius 1 is 1.50 bits per heavy atom. The molecule has 1 aromatic heterocycles. The van der Waals surface area contributed by atoms with Crippen molar-refractivity contribution in [3.05, 3.63) is 12.2 Å². The molecule has 1 aliphatic carbocycles. The lowest BCUT2D eigenvalue weighted by atomic mass is 9.91. The van der Waals surface area contributed by atoms with E-state index in [1.807, 2.05) is 11.7 Å². The van der Waals surface area contributed by atoms with Gasteiger partial charge in [-0.05, 0) is 24.2 Å². The molecule has 90 valence electrons. The Balaban J connectivity index is 1.90. The van der Waals surface area contributed by atoms with Crippen LogP contribution < -0.4 is 5.32 Å². The van der Waals surface area contributed by atoms with Crippen molar-refractivity contribution in [1.82, 2.24) is 20.1 Å². The molecular formula is C12H22N4. The maximum atomic E-state index is 4.23. The van der Waals surface area contributed by atoms with Crippen LogP contribution in [0.3, 0.4) is 0 Å². The highest BCUT2D eigenvalue weighted by Crippen LogP contribution is 2.40. The molecule has 2 atom stereocenters. The van der Waals surface area contributed by atoms with Crippen molar-refractivity contribution >= 4 is 0 Å². The Morgan fingerprint density at radius 2 is 2.25 bits per heavy atom. The number of aryl methyl sites for hydroxylation is 1. The van der Waals surface area contributed by atoms with Crippen LogP contribution in [-0.4, -0.2) is 20.8 Å². The molecule has 0 unspecified atom stereocenters. The number of nitrogens with zero attached hydrogens (tertiary/aromatic N) is 3. The van der Waals surface area contributed by atoms with E-state index in [1.54, 1.807) is 6.33 Å². The van der Waals surface area contributed by atoms with Crippen molar-refractivity contribution in [2.24, 2.45) is 18.4 Å². The number of nitrogens with one attached hydrogen (secondary N) is 1. The lowest BCUT2D eigenvalue weighted by molar-refractivity contribution is 0.361. The van der Waals surface area contributed by atoms with Crippen molar-refractivity contribution in [3.8, 4) is 0 Å². The van der Waals surface area contributed by atoms with Crippen molar-refractivity contribution < 1.29 is 0 Å². The Morgan fingerprint density at radius 3 is 2.75 bits per heavy atom. The van der Waals surface area contributed by atoms with E-state index in [1.165, 1.54) is 12.8 Å². The average molecular weight is 222 g/mol. The van der Waals surface area contributed by atoms with Crippen LogP contribution in [-0.2, 0) is 13.6 Å². The third-order valence-electron chi connectivity index (χ3n) is 3.66. The van der Waals surface area contributed by atoms with Crippen molar-refractivity contribution in [1.29, 1.82) is 0 Å². The van der Waals surface area contributed by atoms with Crippen LogP contribution >= 0.6 is 0 Å². The second kappa shape index (κ2) is 4.17. The molecule has 1 heterocycles. The van der Waals surface area contributed by atoms with Crippen molar-refractivity contribution in [2.75, 3.05) is 0 Å². The van der Waals surface area contributed by atoms with E-state index in [0.717, 1.165) is 18.3 Å². The first-order valence-corrected chi connectivity index (χ1v) is 6.04. The summed E-state index contributed by atoms with van der Waals surface area (Å²) in [5.74, 6) is 1.76. The van der Waals surface area contributed by atoms with E-state index >= 15 is 0 Å². The molecular weight excluding hydrogens is 200 g/mol. The maximum Gasteiger partial charge on any atom is 0.140 e. The largest absolute Gasteiger partial charge is 0.307 e. The summed E-state index contributed by atoms with van der Waals surface area (Å²) >= 11 is 0. The van der Waals surface area contributed by atoms with Gasteiger partial charge in [-0.25, -0.2) is 4.98 Å². The number of hydrogen-bond acceptors (Lipinski definition) is 3. The second-order valence-corrected chi connectivity index (χ2v) is 5.84. The summed E-state index contributed by atoms with van der Waals surface area (Å²) in [5.41, 5.74) is 0.483. The van der Waals surface area contributed by atoms with Gasteiger partial charge in [-0.2, -0.15) is 5.10 Å². The molecule has 16 heavy (non-hydrogen) atoms. The van der Waals surface area contributed by atoms with Crippen LogP contribution in [0.15, 0.2) is 6.33 Å². The normalized spacial score (nSPS) is 28.5. The fraction of sp³-hybridized carbons (Fsp3) is 0.833. The zero-order chi connectivity index (χ0) is 11.8. The van der Waals surface area contributed by atoms with Gasteiger partial charge in [0.05, 0.1) is 6.54 Å². The van der Waals surface area contributed by atoms with Crippen LogP contribution in [0.5, 0.6) is 0 Å². The molecule has 0 amide bonds. The van der Waals surface area contributed by atoms with Gasteiger partial charge >= 0.3 is 0 Å². The van der Waals surface area contributed by atoms with Crippen LogP contribution in [0.25, 0.3) is 0 Å². The Hall–Kier alpha value is -0.900. The molecule has 2 rings (SSSR count). The van der Waals surface area contributed by atoms with Gasteiger partial charge in [-0.1, -0.05) is 20.8 Å². The van der Waals surface area contributed by atoms with Gasteiger partial charge in [-0.15, -0.1) is 0 Å². The molecule has 1 aliphatic rings. The van der Waals surface area contributed by atoms with Crippen LogP contribution in [0.4, 0.5) is 0 Å². The first-order chi connectivity index (χ1) is 7.48. The lowest BCUT2D eigenvalue weighted by Crippen LogP contribution is -2.32. The predicted octanol–water partition coefficient (Wildman–Crippen LogP) is 1.73. The first-order valence-electron chi connectivity index (χ1n) is 6.04. The van der Waals surface area contributed by atoms with Crippen LogP contribution in [0.1, 0.15) is 39.4 Å². The molecule has 1 aromatic rings. The van der Waals surface area contributed by atoms with Gasteiger partial charge in [0.15, 0.2) is 0 Å². The quantitative estimate of drug-likeness (QED) is 0.847. The number of aromatic nitrogens is 3. The third-order valence-corrected chi connectivity index (χ3v) is 3.66. The topological polar surface area (TPSA) is 42.7 Å². The number of hydrogen-bond donors (Lipinski definition) is 1. The van der Waals surface area contributed by atoms with Crippen molar-refractivity contribution in [2.45, 2.75) is 46.2 Å². The molecule has 1 saturated carbocycles. The zero-order valence-electron chi connectivity index (χ0n) is 10.7. The summed E-state index contributed by atoms with van der Waals surface area (Å²) in [4.78, 5) is 4.23. The Labute approximate surface area is 97.5 Å². The Bertz CT molecular complexity index is 356. The highest BCUT2D eigenvalue weighted by Gasteiger charge is 2.36. The molecule has 1 fully saturated rings. The van der Waals surface area contributed by atoms with E-state index < -0.39 is 0 Å². The second-order valence-electron chi connectivity index (χ2n) is 5.84. The summed E-state index contributed by atoms with van der Waals surface area (Å²) in [5, 5.41) is 7.68. The van der Waals surface area contributed by atoms with E-state index in [2.05, 4.69) is 36.2 Å². The predicted molar refractivity (Wildman–Crippen MR) is 63.8 cm³/mol. The summed E-state index contributed by atoms with van der Waals surface area (Å²) in [6.45, 7) is 7.87. The minimum atomic E-state index is 0.483. The highest BCUT2D eigenvalue weighted by molar-refractivity contribution is 4.93. The van der Waals surface area contributed by atoms with E-state index in [-0.39, 0.29) is 0 Å². The standard InChI is InChI=1S/C12H22N4/c1-9-5-12(2,3)6-10(9)13-7-11-14-8-15-16(11)4/h8-10,13H,5-7H2,1-4H3/t9-,10+/m0/s1. The van der Waals surface area contributed by atoms with Crippen LogP contribution in [0.2, 0.25) is 0 Å². The monoisotopic (exact) mass is 222 g/mol. The van der Waals surface area contributed by atoms with Gasteiger partial charge < -0.3 is 5.32 Å². The summed E-state index contributed by atoms with van der Waals surface area (Å²) < 4.78 is 1.83. The van der Waals surface area contributed by atoms with E-state index in [4.69, 9.17) is 0 Å². The average Bonchev–Trinajstić information content (AvgIpc) is 2.67. The molecule has 0 aromatic carbocycles. The lowest BCUT2D eigenvalue weighted by Gasteiger charge is -2.18. The van der Waals surface area contributed by atoms with Gasteiger partial charge in [0.2, 0.25) is 0 Å². The fourth-order valence-electron chi connectivity index (χ4n) is 2.87. The fourth-order valence-corrected chi connectivity index (χ4v) is 2.87. The van der Waals surface area contributed by atoms with E-state index in [0.29, 0.717) is 11.5 Å².